The molecule has 96 valence electrons. The van der Waals surface area contributed by atoms with E-state index in [1.807, 2.05) is 6.08 Å². The fourth-order valence-electron chi connectivity index (χ4n) is 1.70. The average molecular weight is 254 g/mol. The van der Waals surface area contributed by atoms with Gasteiger partial charge >= 0.3 is 0 Å². The standard InChI is InChI=1S/C12H22N4S/c1-5-6-7-8-9(14-13)10-11(12(2,3)4)15-16-17-10/h5,9,14H,1,6-8,13H2,2-4H3. The second-order valence-electron chi connectivity index (χ2n) is 5.17. The molecule has 0 spiro atoms. The number of aromatic nitrogens is 2. The van der Waals surface area contributed by atoms with Crippen LogP contribution in [0.4, 0.5) is 0 Å². The van der Waals surface area contributed by atoms with E-state index < -0.39 is 0 Å². The summed E-state index contributed by atoms with van der Waals surface area (Å²) < 4.78 is 4.06. The highest BCUT2D eigenvalue weighted by molar-refractivity contribution is 7.05. The van der Waals surface area contributed by atoms with E-state index in [0.29, 0.717) is 0 Å². The highest BCUT2D eigenvalue weighted by Gasteiger charge is 2.26. The van der Waals surface area contributed by atoms with Crippen LogP contribution in [0, 0.1) is 0 Å². The van der Waals surface area contributed by atoms with Crippen molar-refractivity contribution in [2.45, 2.75) is 51.5 Å². The van der Waals surface area contributed by atoms with E-state index >= 15 is 0 Å². The minimum Gasteiger partial charge on any atom is -0.271 e. The van der Waals surface area contributed by atoms with Crippen LogP contribution in [0.5, 0.6) is 0 Å². The van der Waals surface area contributed by atoms with Crippen LogP contribution in [-0.2, 0) is 5.41 Å². The van der Waals surface area contributed by atoms with Gasteiger partial charge in [0.15, 0.2) is 0 Å². The molecule has 1 heterocycles. The molecule has 0 saturated heterocycles. The van der Waals surface area contributed by atoms with Gasteiger partial charge in [-0.05, 0) is 30.8 Å². The summed E-state index contributed by atoms with van der Waals surface area (Å²) in [5.74, 6) is 5.63. The maximum Gasteiger partial charge on any atom is 0.0857 e. The van der Waals surface area contributed by atoms with Crippen LogP contribution in [0.25, 0.3) is 0 Å². The first-order valence-corrected chi connectivity index (χ1v) is 6.67. The van der Waals surface area contributed by atoms with E-state index in [9.17, 15) is 0 Å². The summed E-state index contributed by atoms with van der Waals surface area (Å²) in [6.07, 6.45) is 4.99. The Balaban J connectivity index is 2.81. The molecule has 0 aliphatic carbocycles. The van der Waals surface area contributed by atoms with Crippen molar-refractivity contribution in [3.05, 3.63) is 23.2 Å². The highest BCUT2D eigenvalue weighted by Crippen LogP contribution is 2.32. The first-order valence-electron chi connectivity index (χ1n) is 5.90. The maximum atomic E-state index is 5.63. The molecule has 17 heavy (non-hydrogen) atoms. The number of nitrogens with one attached hydrogen (secondary N) is 1. The number of nitrogens with two attached hydrogens (primary N) is 1. The summed E-state index contributed by atoms with van der Waals surface area (Å²) in [6, 6.07) is 0.143. The summed E-state index contributed by atoms with van der Waals surface area (Å²) in [7, 11) is 0. The largest absolute Gasteiger partial charge is 0.271 e. The van der Waals surface area contributed by atoms with Crippen LogP contribution in [0.2, 0.25) is 0 Å². The van der Waals surface area contributed by atoms with Crippen LogP contribution in [-0.4, -0.2) is 9.59 Å². The number of hydrazine groups is 1. The number of rotatable bonds is 6. The van der Waals surface area contributed by atoms with Gasteiger partial charge in [0.25, 0.3) is 0 Å². The lowest BCUT2D eigenvalue weighted by Crippen LogP contribution is -2.29. The van der Waals surface area contributed by atoms with Gasteiger partial charge in [-0.3, -0.25) is 11.3 Å². The maximum absolute atomic E-state index is 5.63. The Morgan fingerprint density at radius 1 is 1.53 bits per heavy atom. The second kappa shape index (κ2) is 6.23. The second-order valence-corrected chi connectivity index (χ2v) is 5.96. The number of hydrogen-bond donors (Lipinski definition) is 2. The van der Waals surface area contributed by atoms with Crippen LogP contribution in [0.15, 0.2) is 12.7 Å². The van der Waals surface area contributed by atoms with E-state index in [0.717, 1.165) is 29.8 Å². The number of nitrogens with zero attached hydrogens (tertiary/aromatic N) is 2. The van der Waals surface area contributed by atoms with E-state index in [2.05, 4.69) is 42.4 Å². The molecule has 5 heteroatoms. The summed E-state index contributed by atoms with van der Waals surface area (Å²) >= 11 is 1.44. The van der Waals surface area contributed by atoms with Gasteiger partial charge < -0.3 is 0 Å². The lowest BCUT2D eigenvalue weighted by atomic mass is 9.89. The predicted octanol–water partition coefficient (Wildman–Crippen LogP) is 2.70. The Kier molecular flexibility index (Phi) is 5.24. The molecule has 1 unspecified atom stereocenters. The molecule has 0 saturated carbocycles. The van der Waals surface area contributed by atoms with Crippen LogP contribution < -0.4 is 11.3 Å². The SMILES string of the molecule is C=CCCCC(NN)c1snnc1C(C)(C)C. The van der Waals surface area contributed by atoms with Gasteiger partial charge in [-0.1, -0.05) is 31.3 Å². The average Bonchev–Trinajstić information content (AvgIpc) is 2.73. The summed E-state index contributed by atoms with van der Waals surface area (Å²) in [5.41, 5.74) is 3.93. The molecular weight excluding hydrogens is 232 g/mol. The zero-order chi connectivity index (χ0) is 12.9. The van der Waals surface area contributed by atoms with Crippen LogP contribution in [0.1, 0.15) is 56.6 Å². The molecule has 1 atom stereocenters. The van der Waals surface area contributed by atoms with Crippen LogP contribution >= 0.6 is 11.5 Å². The van der Waals surface area contributed by atoms with Gasteiger partial charge in [0.1, 0.15) is 0 Å². The van der Waals surface area contributed by atoms with Gasteiger partial charge in [-0.2, -0.15) is 0 Å². The number of allylic oxidation sites excluding steroid dienone is 1. The lowest BCUT2D eigenvalue weighted by molar-refractivity contribution is 0.484. The monoisotopic (exact) mass is 254 g/mol. The normalized spacial score (nSPS) is 13.6. The van der Waals surface area contributed by atoms with Gasteiger partial charge in [0, 0.05) is 5.41 Å². The van der Waals surface area contributed by atoms with Crippen molar-refractivity contribution < 1.29 is 0 Å². The minimum absolute atomic E-state index is 0.00979. The first-order chi connectivity index (χ1) is 8.00. The molecule has 0 radical (unpaired) electrons. The van der Waals surface area contributed by atoms with Crippen molar-refractivity contribution in [2.24, 2.45) is 5.84 Å². The van der Waals surface area contributed by atoms with Crippen molar-refractivity contribution in [2.75, 3.05) is 0 Å². The quantitative estimate of drug-likeness (QED) is 0.354. The zero-order valence-electron chi connectivity index (χ0n) is 10.9. The molecule has 0 aromatic carbocycles. The van der Waals surface area contributed by atoms with Crippen molar-refractivity contribution in [1.29, 1.82) is 0 Å². The Morgan fingerprint density at radius 3 is 2.76 bits per heavy atom. The van der Waals surface area contributed by atoms with E-state index in [4.69, 9.17) is 5.84 Å². The molecular formula is C12H22N4S. The van der Waals surface area contributed by atoms with E-state index in [1.165, 1.54) is 11.5 Å². The van der Waals surface area contributed by atoms with Gasteiger partial charge in [-0.25, -0.2) is 0 Å². The molecule has 4 nitrogen and oxygen atoms in total. The van der Waals surface area contributed by atoms with Crippen molar-refractivity contribution in [1.82, 2.24) is 15.0 Å². The predicted molar refractivity (Wildman–Crippen MR) is 72.7 cm³/mol. The highest BCUT2D eigenvalue weighted by atomic mass is 32.1. The molecule has 0 fully saturated rings. The number of unbranched alkanes of at least 4 members (excludes halogenated alkanes) is 1. The summed E-state index contributed by atoms with van der Waals surface area (Å²) in [4.78, 5) is 1.16. The zero-order valence-corrected chi connectivity index (χ0v) is 11.7. The van der Waals surface area contributed by atoms with Crippen molar-refractivity contribution in [3.63, 3.8) is 0 Å². The third-order valence-electron chi connectivity index (χ3n) is 2.64. The number of hydrogen-bond acceptors (Lipinski definition) is 5. The molecule has 0 aliphatic rings. The Labute approximate surface area is 107 Å². The molecule has 0 bridgehead atoms. The van der Waals surface area contributed by atoms with E-state index in [-0.39, 0.29) is 11.5 Å². The Morgan fingerprint density at radius 2 is 2.24 bits per heavy atom. The van der Waals surface area contributed by atoms with Gasteiger partial charge in [-0.15, -0.1) is 11.7 Å². The molecule has 1 rings (SSSR count). The van der Waals surface area contributed by atoms with Crippen LogP contribution in [0.3, 0.4) is 0 Å². The lowest BCUT2D eigenvalue weighted by Gasteiger charge is -2.21. The third-order valence-corrected chi connectivity index (χ3v) is 3.48. The molecule has 0 aliphatic heterocycles. The molecule has 0 amide bonds. The summed E-state index contributed by atoms with van der Waals surface area (Å²) in [6.45, 7) is 10.2. The van der Waals surface area contributed by atoms with Gasteiger partial charge in [0.05, 0.1) is 16.6 Å². The third kappa shape index (κ3) is 3.87. The molecule has 3 N–H and O–H groups in total. The van der Waals surface area contributed by atoms with E-state index in [1.54, 1.807) is 0 Å². The molecule has 1 aromatic rings. The van der Waals surface area contributed by atoms with Crippen molar-refractivity contribution in [3.8, 4) is 0 Å². The minimum atomic E-state index is 0.00979. The fourth-order valence-corrected chi connectivity index (χ4v) is 2.66. The Hall–Kier alpha value is -0.780. The van der Waals surface area contributed by atoms with Crippen molar-refractivity contribution >= 4 is 11.5 Å². The Bertz CT molecular complexity index is 354. The molecule has 1 aromatic heterocycles. The summed E-state index contributed by atoms with van der Waals surface area (Å²) in [5, 5.41) is 4.24. The van der Waals surface area contributed by atoms with Gasteiger partial charge in [0.2, 0.25) is 0 Å². The topological polar surface area (TPSA) is 63.8 Å². The fraction of sp³-hybridized carbons (Fsp3) is 0.667. The first kappa shape index (κ1) is 14.3. The smallest absolute Gasteiger partial charge is 0.0857 e.